The van der Waals surface area contributed by atoms with E-state index in [1.165, 1.54) is 0 Å². The van der Waals surface area contributed by atoms with Crippen molar-refractivity contribution in [2.24, 2.45) is 11.3 Å². The fraction of sp³-hybridized carbons (Fsp3) is 0.889. The molecule has 2 aliphatic rings. The van der Waals surface area contributed by atoms with E-state index in [2.05, 4.69) is 26.1 Å². The molecule has 0 aromatic carbocycles. The number of carbonyl (C=O) groups excluding carboxylic acids is 1. The molecule has 1 amide bonds. The molecular weight excluding hydrogens is 138 g/mol. The Morgan fingerprint density at radius 1 is 1.55 bits per heavy atom. The molecule has 1 N–H and O–H groups in total. The normalized spacial score (nSPS) is 54.8. The standard InChI is InChI=1S/C9H15NO/c1-6-4-8(2)5-9(6,3)10-7(8)11/h6H,4-5H2,1-3H3,(H,10,11). The first kappa shape index (κ1) is 7.14. The summed E-state index contributed by atoms with van der Waals surface area (Å²) in [7, 11) is 0. The Balaban J connectivity index is 2.38. The molecule has 0 radical (unpaired) electrons. The number of hydrogen-bond donors (Lipinski definition) is 1. The lowest BCUT2D eigenvalue weighted by atomic mass is 9.87. The van der Waals surface area contributed by atoms with Crippen molar-refractivity contribution in [1.29, 1.82) is 0 Å². The van der Waals surface area contributed by atoms with Crippen LogP contribution in [0, 0.1) is 11.3 Å². The first-order chi connectivity index (χ1) is 4.96. The van der Waals surface area contributed by atoms with Crippen molar-refractivity contribution >= 4 is 5.91 Å². The predicted molar refractivity (Wildman–Crippen MR) is 43.1 cm³/mol. The minimum Gasteiger partial charge on any atom is -0.350 e. The van der Waals surface area contributed by atoms with Crippen LogP contribution in [0.3, 0.4) is 0 Å². The van der Waals surface area contributed by atoms with Crippen LogP contribution < -0.4 is 5.32 Å². The average Bonchev–Trinajstić information content (AvgIpc) is 2.15. The molecule has 2 nitrogen and oxygen atoms in total. The van der Waals surface area contributed by atoms with Gasteiger partial charge in [-0.2, -0.15) is 0 Å². The summed E-state index contributed by atoms with van der Waals surface area (Å²) in [6.45, 7) is 6.47. The van der Waals surface area contributed by atoms with Crippen molar-refractivity contribution in [3.8, 4) is 0 Å². The SMILES string of the molecule is CC1CC2(C)CC1(C)NC2=O. The van der Waals surface area contributed by atoms with Gasteiger partial charge in [-0.1, -0.05) is 13.8 Å². The molecule has 2 fully saturated rings. The molecule has 2 heteroatoms. The van der Waals surface area contributed by atoms with Gasteiger partial charge in [0.05, 0.1) is 0 Å². The first-order valence-corrected chi connectivity index (χ1v) is 4.29. The second-order valence-corrected chi connectivity index (χ2v) is 4.71. The van der Waals surface area contributed by atoms with Crippen LogP contribution >= 0.6 is 0 Å². The van der Waals surface area contributed by atoms with Gasteiger partial charge in [0.25, 0.3) is 0 Å². The van der Waals surface area contributed by atoms with Gasteiger partial charge in [0, 0.05) is 11.0 Å². The lowest BCUT2D eigenvalue weighted by molar-refractivity contribution is -0.129. The van der Waals surface area contributed by atoms with Crippen LogP contribution in [0.5, 0.6) is 0 Å². The highest BCUT2D eigenvalue weighted by Crippen LogP contribution is 2.52. The summed E-state index contributed by atoms with van der Waals surface area (Å²) in [5.74, 6) is 0.906. The molecule has 2 bridgehead atoms. The molecule has 0 aromatic heterocycles. The van der Waals surface area contributed by atoms with Gasteiger partial charge in [0.15, 0.2) is 0 Å². The maximum atomic E-state index is 11.4. The van der Waals surface area contributed by atoms with Crippen molar-refractivity contribution in [2.75, 3.05) is 0 Å². The number of fused-ring (bicyclic) bond motifs is 2. The third kappa shape index (κ3) is 0.700. The van der Waals surface area contributed by atoms with E-state index in [0.717, 1.165) is 12.8 Å². The molecule has 1 saturated carbocycles. The topological polar surface area (TPSA) is 29.1 Å². The highest BCUT2D eigenvalue weighted by atomic mass is 16.2. The molecule has 1 heterocycles. The van der Waals surface area contributed by atoms with Gasteiger partial charge in [0.1, 0.15) is 0 Å². The van der Waals surface area contributed by atoms with E-state index < -0.39 is 0 Å². The van der Waals surface area contributed by atoms with Crippen LogP contribution in [-0.2, 0) is 4.79 Å². The van der Waals surface area contributed by atoms with Gasteiger partial charge < -0.3 is 5.32 Å². The summed E-state index contributed by atoms with van der Waals surface area (Å²) >= 11 is 0. The van der Waals surface area contributed by atoms with Crippen molar-refractivity contribution in [2.45, 2.75) is 39.2 Å². The number of carbonyl (C=O) groups is 1. The van der Waals surface area contributed by atoms with Crippen molar-refractivity contribution < 1.29 is 4.79 Å². The summed E-state index contributed by atoms with van der Waals surface area (Å²) in [5.41, 5.74) is 0.0556. The third-order valence-corrected chi connectivity index (χ3v) is 3.55. The van der Waals surface area contributed by atoms with Crippen molar-refractivity contribution in [1.82, 2.24) is 5.32 Å². The molecule has 11 heavy (non-hydrogen) atoms. The molecule has 1 saturated heterocycles. The van der Waals surface area contributed by atoms with Crippen molar-refractivity contribution in [3.05, 3.63) is 0 Å². The van der Waals surface area contributed by atoms with E-state index in [1.54, 1.807) is 0 Å². The Labute approximate surface area is 67.4 Å². The molecule has 0 aromatic rings. The summed E-state index contributed by atoms with van der Waals surface area (Å²) in [5, 5.41) is 3.08. The largest absolute Gasteiger partial charge is 0.350 e. The quantitative estimate of drug-likeness (QED) is 0.558. The Kier molecular flexibility index (Phi) is 1.05. The van der Waals surface area contributed by atoms with Crippen LogP contribution in [0.1, 0.15) is 33.6 Å². The molecule has 2 rings (SSSR count). The minimum atomic E-state index is -0.0475. The molecule has 1 aliphatic carbocycles. The molecule has 3 atom stereocenters. The highest BCUT2D eigenvalue weighted by molar-refractivity contribution is 5.87. The van der Waals surface area contributed by atoms with E-state index in [9.17, 15) is 4.79 Å². The number of nitrogens with one attached hydrogen (secondary N) is 1. The summed E-state index contributed by atoms with van der Waals surface area (Å²) in [4.78, 5) is 11.4. The highest BCUT2D eigenvalue weighted by Gasteiger charge is 2.58. The van der Waals surface area contributed by atoms with Gasteiger partial charge in [0.2, 0.25) is 5.91 Å². The predicted octanol–water partition coefficient (Wildman–Crippen LogP) is 1.31. The van der Waals surface area contributed by atoms with Crippen LogP contribution in [0.25, 0.3) is 0 Å². The van der Waals surface area contributed by atoms with E-state index in [4.69, 9.17) is 0 Å². The summed E-state index contributed by atoms with van der Waals surface area (Å²) in [6, 6.07) is 0. The molecular formula is C9H15NO. The second-order valence-electron chi connectivity index (χ2n) is 4.71. The fourth-order valence-corrected chi connectivity index (χ4v) is 2.71. The number of piperidine rings is 1. The molecule has 1 aliphatic heterocycles. The number of rotatable bonds is 0. The zero-order chi connectivity index (χ0) is 8.28. The van der Waals surface area contributed by atoms with E-state index >= 15 is 0 Å². The minimum absolute atomic E-state index is 0.0475. The van der Waals surface area contributed by atoms with E-state index in [0.29, 0.717) is 5.92 Å². The van der Waals surface area contributed by atoms with Crippen LogP contribution in [0.2, 0.25) is 0 Å². The zero-order valence-electron chi connectivity index (χ0n) is 7.40. The van der Waals surface area contributed by atoms with Crippen LogP contribution in [0.15, 0.2) is 0 Å². The smallest absolute Gasteiger partial charge is 0.226 e. The van der Waals surface area contributed by atoms with Gasteiger partial charge in [-0.3, -0.25) is 4.79 Å². The first-order valence-electron chi connectivity index (χ1n) is 4.29. The van der Waals surface area contributed by atoms with Gasteiger partial charge in [-0.05, 0) is 25.7 Å². The maximum Gasteiger partial charge on any atom is 0.226 e. The van der Waals surface area contributed by atoms with E-state index in [1.807, 2.05) is 0 Å². The monoisotopic (exact) mass is 153 g/mol. The van der Waals surface area contributed by atoms with Crippen LogP contribution in [0.4, 0.5) is 0 Å². The Bertz CT molecular complexity index is 226. The van der Waals surface area contributed by atoms with Gasteiger partial charge >= 0.3 is 0 Å². The second kappa shape index (κ2) is 1.62. The molecule has 3 unspecified atom stereocenters. The Hall–Kier alpha value is -0.530. The number of hydrogen-bond acceptors (Lipinski definition) is 1. The van der Waals surface area contributed by atoms with Crippen LogP contribution in [-0.4, -0.2) is 11.4 Å². The van der Waals surface area contributed by atoms with E-state index in [-0.39, 0.29) is 16.9 Å². The Morgan fingerprint density at radius 2 is 2.18 bits per heavy atom. The fourth-order valence-electron chi connectivity index (χ4n) is 2.71. The van der Waals surface area contributed by atoms with Gasteiger partial charge in [-0.15, -0.1) is 0 Å². The third-order valence-electron chi connectivity index (χ3n) is 3.55. The molecule has 62 valence electrons. The van der Waals surface area contributed by atoms with Crippen molar-refractivity contribution in [3.63, 3.8) is 0 Å². The zero-order valence-corrected chi connectivity index (χ0v) is 7.40. The Morgan fingerprint density at radius 3 is 2.45 bits per heavy atom. The maximum absolute atomic E-state index is 11.4. The summed E-state index contributed by atoms with van der Waals surface area (Å²) < 4.78 is 0. The molecule has 0 spiro atoms. The average molecular weight is 153 g/mol. The number of amides is 1. The summed E-state index contributed by atoms with van der Waals surface area (Å²) in [6.07, 6.45) is 2.09. The lowest BCUT2D eigenvalue weighted by Gasteiger charge is -2.30. The lowest BCUT2D eigenvalue weighted by Crippen LogP contribution is -2.47. The van der Waals surface area contributed by atoms with Gasteiger partial charge in [-0.25, -0.2) is 0 Å².